The molecule has 2 atom stereocenters. The Morgan fingerprint density at radius 2 is 2.11 bits per heavy atom. The average molecular weight is 274 g/mol. The molecule has 1 saturated heterocycles. The molecular weight excluding hydrogens is 252 g/mol. The molecule has 0 spiro atoms. The lowest BCUT2D eigenvalue weighted by atomic mass is 9.99. The van der Waals surface area contributed by atoms with Crippen LogP contribution in [0, 0.1) is 11.8 Å². The number of hydrogen-bond donors (Lipinski definition) is 2. The molecule has 6 heteroatoms. The van der Waals surface area contributed by atoms with Crippen LogP contribution in [0.15, 0.2) is 0 Å². The second kappa shape index (κ2) is 7.51. The quantitative estimate of drug-likeness (QED) is 0.720. The Morgan fingerprint density at radius 1 is 1.39 bits per heavy atom. The fraction of sp³-hybridized carbons (Fsp3) is 0.833. The van der Waals surface area contributed by atoms with Crippen molar-refractivity contribution in [3.05, 3.63) is 0 Å². The molecule has 0 aromatic heterocycles. The van der Waals surface area contributed by atoms with E-state index in [-0.39, 0.29) is 11.9 Å². The fourth-order valence-electron chi connectivity index (χ4n) is 2.13. The smallest absolute Gasteiger partial charge is 0.317 e. The molecule has 1 rings (SSSR count). The van der Waals surface area contributed by atoms with Crippen molar-refractivity contribution < 1.29 is 14.7 Å². The summed E-state index contributed by atoms with van der Waals surface area (Å²) >= 11 is 1.80. The van der Waals surface area contributed by atoms with Crippen molar-refractivity contribution in [2.45, 2.75) is 19.8 Å². The number of nitrogens with one attached hydrogen (secondary N) is 1. The van der Waals surface area contributed by atoms with E-state index >= 15 is 0 Å². The first-order chi connectivity index (χ1) is 8.56. The van der Waals surface area contributed by atoms with Gasteiger partial charge in [0, 0.05) is 19.6 Å². The predicted molar refractivity (Wildman–Crippen MR) is 72.9 cm³/mol. The van der Waals surface area contributed by atoms with Crippen LogP contribution in [-0.2, 0) is 4.79 Å². The minimum Gasteiger partial charge on any atom is -0.481 e. The van der Waals surface area contributed by atoms with Crippen molar-refractivity contribution in [1.29, 1.82) is 0 Å². The zero-order valence-electron chi connectivity index (χ0n) is 11.0. The summed E-state index contributed by atoms with van der Waals surface area (Å²) < 4.78 is 0. The second-order valence-corrected chi connectivity index (χ2v) is 5.74. The minimum absolute atomic E-state index is 0.0322. The number of urea groups is 1. The summed E-state index contributed by atoms with van der Waals surface area (Å²) in [5.74, 6) is -0.0905. The Hall–Kier alpha value is -0.910. The zero-order chi connectivity index (χ0) is 13.5. The lowest BCUT2D eigenvalue weighted by Gasteiger charge is -2.16. The molecular formula is C12H22N2O3S. The first-order valence-corrected chi connectivity index (χ1v) is 7.70. The molecule has 18 heavy (non-hydrogen) atoms. The number of aliphatic carboxylic acids is 1. The van der Waals surface area contributed by atoms with Gasteiger partial charge in [0.1, 0.15) is 0 Å². The third kappa shape index (κ3) is 4.40. The normalized spacial score (nSPS) is 23.1. The Bertz CT molecular complexity index is 299. The maximum atomic E-state index is 11.8. The Kier molecular flexibility index (Phi) is 6.32. The summed E-state index contributed by atoms with van der Waals surface area (Å²) in [6, 6.07) is -0.130. The lowest BCUT2D eigenvalue weighted by Crippen LogP contribution is -2.39. The summed E-state index contributed by atoms with van der Waals surface area (Å²) in [6.07, 6.45) is 4.13. The molecule has 2 amide bonds. The van der Waals surface area contributed by atoms with Crippen molar-refractivity contribution in [2.75, 3.05) is 31.6 Å². The van der Waals surface area contributed by atoms with Crippen molar-refractivity contribution in [2.24, 2.45) is 11.8 Å². The molecule has 0 bridgehead atoms. The number of carboxylic acid groups (broad SMARTS) is 1. The molecule has 1 aliphatic rings. The summed E-state index contributed by atoms with van der Waals surface area (Å²) in [4.78, 5) is 24.4. The van der Waals surface area contributed by atoms with Crippen molar-refractivity contribution >= 4 is 23.8 Å². The van der Waals surface area contributed by atoms with Crippen LogP contribution in [0.5, 0.6) is 0 Å². The summed E-state index contributed by atoms with van der Waals surface area (Å²) in [5, 5.41) is 11.8. The summed E-state index contributed by atoms with van der Waals surface area (Å²) in [6.45, 7) is 3.41. The highest BCUT2D eigenvalue weighted by Gasteiger charge is 2.36. The number of rotatable bonds is 6. The number of thioether (sulfide) groups is 1. The van der Waals surface area contributed by atoms with Gasteiger partial charge in [-0.25, -0.2) is 4.79 Å². The van der Waals surface area contributed by atoms with Gasteiger partial charge in [-0.3, -0.25) is 4.79 Å². The highest BCUT2D eigenvalue weighted by atomic mass is 32.2. The zero-order valence-corrected chi connectivity index (χ0v) is 11.8. The molecule has 104 valence electrons. The number of unbranched alkanes of at least 4 members (excludes halogenated alkanes) is 1. The third-order valence-electron chi connectivity index (χ3n) is 3.27. The Labute approximate surface area is 112 Å². The van der Waals surface area contributed by atoms with E-state index in [1.165, 1.54) is 0 Å². The number of amides is 2. The van der Waals surface area contributed by atoms with Gasteiger partial charge in [-0.2, -0.15) is 11.8 Å². The molecule has 2 N–H and O–H groups in total. The van der Waals surface area contributed by atoms with Gasteiger partial charge < -0.3 is 15.3 Å². The summed E-state index contributed by atoms with van der Waals surface area (Å²) in [5.41, 5.74) is 0. The van der Waals surface area contributed by atoms with Gasteiger partial charge in [0.2, 0.25) is 0 Å². The van der Waals surface area contributed by atoms with E-state index in [9.17, 15) is 9.59 Å². The molecule has 0 radical (unpaired) electrons. The van der Waals surface area contributed by atoms with E-state index in [1.54, 1.807) is 16.7 Å². The average Bonchev–Trinajstić information content (AvgIpc) is 2.71. The van der Waals surface area contributed by atoms with Crippen LogP contribution in [-0.4, -0.2) is 53.6 Å². The number of hydrogen-bond acceptors (Lipinski definition) is 3. The van der Waals surface area contributed by atoms with E-state index in [1.807, 2.05) is 6.92 Å². The number of nitrogens with zero attached hydrogens (tertiary/aromatic N) is 1. The molecule has 0 saturated carbocycles. The van der Waals surface area contributed by atoms with Crippen molar-refractivity contribution in [1.82, 2.24) is 10.2 Å². The number of carbonyl (C=O) groups is 2. The third-order valence-corrected chi connectivity index (χ3v) is 3.97. The standard InChI is InChI=1S/C12H22N2O3S/c1-9-7-14(8-10(9)11(15)16)12(17)13-5-3-4-6-18-2/h9-10H,3-8H2,1-2H3,(H,13,17)(H,15,16)/t9-,10-/m1/s1. The monoisotopic (exact) mass is 274 g/mol. The van der Waals surface area contributed by atoms with Crippen LogP contribution in [0.25, 0.3) is 0 Å². The first-order valence-electron chi connectivity index (χ1n) is 6.30. The van der Waals surface area contributed by atoms with Crippen molar-refractivity contribution in [3.8, 4) is 0 Å². The maximum Gasteiger partial charge on any atom is 0.317 e. The van der Waals surface area contributed by atoms with Gasteiger partial charge >= 0.3 is 12.0 Å². The van der Waals surface area contributed by atoms with Gasteiger partial charge in [-0.15, -0.1) is 0 Å². The molecule has 0 aromatic rings. The van der Waals surface area contributed by atoms with Gasteiger partial charge in [-0.05, 0) is 30.8 Å². The van der Waals surface area contributed by atoms with E-state index in [0.29, 0.717) is 19.6 Å². The molecule has 5 nitrogen and oxygen atoms in total. The van der Waals surface area contributed by atoms with E-state index in [4.69, 9.17) is 5.11 Å². The molecule has 0 aliphatic carbocycles. The van der Waals surface area contributed by atoms with Crippen LogP contribution >= 0.6 is 11.8 Å². The predicted octanol–water partition coefficient (Wildman–Crippen LogP) is 1.49. The number of carbonyl (C=O) groups excluding carboxylic acids is 1. The lowest BCUT2D eigenvalue weighted by molar-refractivity contribution is -0.142. The molecule has 1 heterocycles. The Morgan fingerprint density at radius 3 is 2.67 bits per heavy atom. The Balaban J connectivity index is 2.25. The van der Waals surface area contributed by atoms with E-state index < -0.39 is 11.9 Å². The second-order valence-electron chi connectivity index (χ2n) is 4.76. The van der Waals surface area contributed by atoms with Crippen LogP contribution < -0.4 is 5.32 Å². The van der Waals surface area contributed by atoms with Crippen LogP contribution in [0.3, 0.4) is 0 Å². The topological polar surface area (TPSA) is 69.6 Å². The SMILES string of the molecule is CSCCCCNC(=O)N1C[C@@H](C)[C@H](C(=O)O)C1. The fourth-order valence-corrected chi connectivity index (χ4v) is 2.63. The van der Waals surface area contributed by atoms with Crippen molar-refractivity contribution in [3.63, 3.8) is 0 Å². The van der Waals surface area contributed by atoms with E-state index in [0.717, 1.165) is 18.6 Å². The molecule has 1 fully saturated rings. The van der Waals surface area contributed by atoms with Gasteiger partial charge in [-0.1, -0.05) is 6.92 Å². The largest absolute Gasteiger partial charge is 0.481 e. The molecule has 0 unspecified atom stereocenters. The van der Waals surface area contributed by atoms with Crippen LogP contribution in [0.4, 0.5) is 4.79 Å². The number of likely N-dealkylation sites (tertiary alicyclic amines) is 1. The van der Waals surface area contributed by atoms with Gasteiger partial charge in [0.05, 0.1) is 5.92 Å². The highest BCUT2D eigenvalue weighted by Crippen LogP contribution is 2.22. The number of carboxylic acids is 1. The van der Waals surface area contributed by atoms with Crippen LogP contribution in [0.1, 0.15) is 19.8 Å². The van der Waals surface area contributed by atoms with Crippen LogP contribution in [0.2, 0.25) is 0 Å². The van der Waals surface area contributed by atoms with Gasteiger partial charge in [0.15, 0.2) is 0 Å². The molecule has 1 aliphatic heterocycles. The minimum atomic E-state index is -0.808. The first kappa shape index (κ1) is 15.1. The summed E-state index contributed by atoms with van der Waals surface area (Å²) in [7, 11) is 0. The highest BCUT2D eigenvalue weighted by molar-refractivity contribution is 7.98. The maximum absolute atomic E-state index is 11.8. The van der Waals surface area contributed by atoms with E-state index in [2.05, 4.69) is 11.6 Å². The van der Waals surface area contributed by atoms with Gasteiger partial charge in [0.25, 0.3) is 0 Å². The molecule has 0 aromatic carbocycles.